The van der Waals surface area contributed by atoms with Gasteiger partial charge in [0.2, 0.25) is 0 Å². The Labute approximate surface area is 211 Å². The minimum absolute atomic E-state index is 0.0771. The number of nitrogens with zero attached hydrogens (tertiary/aromatic N) is 1. The van der Waals surface area contributed by atoms with E-state index >= 15 is 0 Å². The van der Waals surface area contributed by atoms with Crippen molar-refractivity contribution in [3.8, 4) is 17.2 Å². The zero-order valence-electron chi connectivity index (χ0n) is 20.0. The summed E-state index contributed by atoms with van der Waals surface area (Å²) >= 11 is 6.28. The van der Waals surface area contributed by atoms with Gasteiger partial charge in [-0.15, -0.1) is 13.2 Å². The predicted octanol–water partition coefficient (Wildman–Crippen LogP) is 6.33. The van der Waals surface area contributed by atoms with E-state index in [0.29, 0.717) is 0 Å². The number of halogens is 4. The number of hydrogen-bond donors (Lipinski definition) is 1. The molecule has 2 unspecified atom stereocenters. The second-order valence-electron chi connectivity index (χ2n) is 8.28. The summed E-state index contributed by atoms with van der Waals surface area (Å²) in [4.78, 5) is 13.9. The number of benzene rings is 2. The second kappa shape index (κ2) is 11.1. The van der Waals surface area contributed by atoms with Crippen LogP contribution in [0.2, 0.25) is 5.02 Å². The van der Waals surface area contributed by atoms with E-state index in [1.807, 2.05) is 31.2 Å². The highest BCUT2D eigenvalue weighted by Crippen LogP contribution is 2.47. The number of Topliss-reactive ketones (excluding diaryl/α,β-unsaturated/α-hetero) is 1. The number of aryl methyl sites for hydroxylation is 1. The second-order valence-corrected chi connectivity index (χ2v) is 8.66. The van der Waals surface area contributed by atoms with Gasteiger partial charge in [0.15, 0.2) is 11.5 Å². The molecule has 2 aromatic carbocycles. The number of methoxy groups -OCH3 is 2. The highest BCUT2D eigenvalue weighted by Gasteiger charge is 2.41. The molecule has 0 radical (unpaired) electrons. The maximum Gasteiger partial charge on any atom is 0.573 e. The average Bonchev–Trinajstić information content (AvgIpc) is 2.82. The Balaban J connectivity index is 2.09. The topological polar surface area (TPSA) is 86.6 Å². The summed E-state index contributed by atoms with van der Waals surface area (Å²) < 4.78 is 60.2. The first-order valence-electron chi connectivity index (χ1n) is 10.8. The van der Waals surface area contributed by atoms with Crippen LogP contribution >= 0.6 is 11.6 Å². The predicted molar refractivity (Wildman–Crippen MR) is 126 cm³/mol. The van der Waals surface area contributed by atoms with Gasteiger partial charge >= 0.3 is 6.36 Å². The monoisotopic (exact) mass is 527 g/mol. The fourth-order valence-electron chi connectivity index (χ4n) is 4.00. The Morgan fingerprint density at radius 1 is 1.17 bits per heavy atom. The van der Waals surface area contributed by atoms with Crippen molar-refractivity contribution >= 4 is 23.1 Å². The van der Waals surface area contributed by atoms with Gasteiger partial charge in [-0.05, 0) is 24.8 Å². The highest BCUT2D eigenvalue weighted by atomic mass is 35.5. The molecule has 1 N–H and O–H groups in total. The van der Waals surface area contributed by atoms with Gasteiger partial charge in [0, 0.05) is 12.1 Å². The van der Waals surface area contributed by atoms with Crippen LogP contribution in [0.5, 0.6) is 17.2 Å². The van der Waals surface area contributed by atoms with Crippen molar-refractivity contribution in [2.75, 3.05) is 14.2 Å². The Bertz CT molecular complexity index is 1180. The van der Waals surface area contributed by atoms with E-state index in [2.05, 4.69) is 9.89 Å². The third-order valence-electron chi connectivity index (χ3n) is 5.70. The fraction of sp³-hybridized carbons (Fsp3) is 0.360. The maximum atomic E-state index is 13.9. The summed E-state index contributed by atoms with van der Waals surface area (Å²) in [6.45, 7) is 3.70. The summed E-state index contributed by atoms with van der Waals surface area (Å²) in [6.07, 6.45) is -3.53. The number of allylic oxidation sites excluding steroid dienone is 2. The molecule has 3 rings (SSSR count). The van der Waals surface area contributed by atoms with Gasteiger partial charge in [0.25, 0.3) is 0 Å². The molecule has 0 saturated heterocycles. The Morgan fingerprint density at radius 2 is 1.83 bits per heavy atom. The minimum atomic E-state index is -5.10. The normalized spacial score (nSPS) is 19.0. The molecule has 0 heterocycles. The van der Waals surface area contributed by atoms with Crippen LogP contribution < -0.4 is 14.2 Å². The summed E-state index contributed by atoms with van der Waals surface area (Å²) in [5.41, 5.74) is 1.61. The van der Waals surface area contributed by atoms with Gasteiger partial charge in [0.05, 0.1) is 25.8 Å². The summed E-state index contributed by atoms with van der Waals surface area (Å²) in [5, 5.41) is 12.4. The Hall–Kier alpha value is -3.40. The molecule has 2 aromatic rings. The largest absolute Gasteiger partial charge is 0.573 e. The van der Waals surface area contributed by atoms with Gasteiger partial charge in [-0.25, -0.2) is 0 Å². The van der Waals surface area contributed by atoms with Gasteiger partial charge < -0.3 is 24.2 Å². The van der Waals surface area contributed by atoms with Crippen LogP contribution in [-0.4, -0.2) is 37.3 Å². The van der Waals surface area contributed by atoms with E-state index < -0.39 is 35.3 Å². The van der Waals surface area contributed by atoms with E-state index in [1.165, 1.54) is 20.3 Å². The SMILES string of the molecule is COc1cc(OC(F)(F)F)c(C(=O)C2C(OCc3ccc(C)cc3)=C/C(=N/O)CC2C)c(OC)c1Cl. The molecule has 0 saturated carbocycles. The number of carbonyl (C=O) groups excluding carboxylic acids is 1. The molecule has 11 heteroatoms. The number of oxime groups is 1. The molecule has 0 fully saturated rings. The Morgan fingerprint density at radius 3 is 2.39 bits per heavy atom. The lowest BCUT2D eigenvalue weighted by Gasteiger charge is -2.30. The van der Waals surface area contributed by atoms with Crippen LogP contribution in [0.3, 0.4) is 0 Å². The van der Waals surface area contributed by atoms with E-state index in [9.17, 15) is 23.2 Å². The third-order valence-corrected chi connectivity index (χ3v) is 6.06. The number of ketones is 1. The van der Waals surface area contributed by atoms with Crippen molar-refractivity contribution < 1.29 is 42.1 Å². The molecule has 36 heavy (non-hydrogen) atoms. The van der Waals surface area contributed by atoms with Crippen molar-refractivity contribution in [1.29, 1.82) is 0 Å². The lowest BCUT2D eigenvalue weighted by atomic mass is 9.78. The quantitative estimate of drug-likeness (QED) is 0.245. The molecule has 0 amide bonds. The lowest BCUT2D eigenvalue weighted by Crippen LogP contribution is -2.32. The zero-order valence-corrected chi connectivity index (χ0v) is 20.7. The van der Waals surface area contributed by atoms with Crippen molar-refractivity contribution in [2.24, 2.45) is 17.0 Å². The molecule has 1 aliphatic rings. The number of alkyl halides is 3. The van der Waals surface area contributed by atoms with Crippen LogP contribution in [0.1, 0.15) is 34.8 Å². The first kappa shape index (κ1) is 27.2. The Kier molecular flexibility index (Phi) is 8.39. The molecule has 2 atom stereocenters. The third kappa shape index (κ3) is 6.04. The van der Waals surface area contributed by atoms with Crippen LogP contribution in [0.25, 0.3) is 0 Å². The molecule has 0 bridgehead atoms. The summed E-state index contributed by atoms with van der Waals surface area (Å²) in [7, 11) is 2.37. The first-order valence-corrected chi connectivity index (χ1v) is 11.2. The number of ether oxygens (including phenoxy) is 4. The average molecular weight is 528 g/mol. The van der Waals surface area contributed by atoms with Crippen molar-refractivity contribution in [1.82, 2.24) is 0 Å². The molecule has 0 aromatic heterocycles. The van der Waals surface area contributed by atoms with E-state index in [0.717, 1.165) is 17.2 Å². The molecule has 0 aliphatic heterocycles. The lowest BCUT2D eigenvalue weighted by molar-refractivity contribution is -0.274. The van der Waals surface area contributed by atoms with Crippen LogP contribution in [0.15, 0.2) is 47.3 Å². The van der Waals surface area contributed by atoms with Gasteiger partial charge in [0.1, 0.15) is 34.5 Å². The van der Waals surface area contributed by atoms with Gasteiger partial charge in [-0.3, -0.25) is 4.79 Å². The van der Waals surface area contributed by atoms with E-state index in [-0.39, 0.29) is 41.0 Å². The van der Waals surface area contributed by atoms with Gasteiger partial charge in [-0.2, -0.15) is 0 Å². The van der Waals surface area contributed by atoms with Crippen molar-refractivity contribution in [3.63, 3.8) is 0 Å². The number of hydrogen-bond acceptors (Lipinski definition) is 7. The molecule has 194 valence electrons. The van der Waals surface area contributed by atoms with Crippen LogP contribution in [0, 0.1) is 18.8 Å². The summed E-state index contributed by atoms with van der Waals surface area (Å²) in [5.74, 6) is -3.51. The number of rotatable bonds is 8. The van der Waals surface area contributed by atoms with Crippen LogP contribution in [-0.2, 0) is 11.3 Å². The van der Waals surface area contributed by atoms with E-state index in [4.69, 9.17) is 25.8 Å². The molecule has 7 nitrogen and oxygen atoms in total. The smallest absolute Gasteiger partial charge is 0.495 e. The molecule has 0 spiro atoms. The van der Waals surface area contributed by atoms with Crippen molar-refractivity contribution in [3.05, 3.63) is 63.9 Å². The van der Waals surface area contributed by atoms with E-state index in [1.54, 1.807) is 6.92 Å². The van der Waals surface area contributed by atoms with Crippen LogP contribution in [0.4, 0.5) is 13.2 Å². The molecular formula is C25H25ClF3NO6. The van der Waals surface area contributed by atoms with Gasteiger partial charge in [-0.1, -0.05) is 53.5 Å². The zero-order chi connectivity index (χ0) is 26.6. The standard InChI is InChI=1S/C25H25ClF3NO6/c1-13-5-7-15(8-6-13)12-35-17-10-16(30-32)9-14(2)20(17)23(31)21-18(36-25(27,28)29)11-19(33-3)22(26)24(21)34-4/h5-8,10-11,14,20,32H,9,12H2,1-4H3/b30-16+. The fourth-order valence-corrected chi connectivity index (χ4v) is 4.31. The summed E-state index contributed by atoms with van der Waals surface area (Å²) in [6, 6.07) is 8.37. The first-order chi connectivity index (χ1) is 17.0. The molecular weight excluding hydrogens is 503 g/mol. The molecule has 1 aliphatic carbocycles. The minimum Gasteiger partial charge on any atom is -0.495 e. The highest BCUT2D eigenvalue weighted by molar-refractivity contribution is 6.34. The maximum absolute atomic E-state index is 13.9. The van der Waals surface area contributed by atoms with Crippen molar-refractivity contribution in [2.45, 2.75) is 33.2 Å². The number of carbonyl (C=O) groups is 1.